The van der Waals surface area contributed by atoms with Crippen LogP contribution in [0.3, 0.4) is 0 Å². The molecule has 0 bridgehead atoms. The minimum atomic E-state index is -4.05. The molecule has 0 saturated carbocycles. The number of rotatable bonds is 5. The number of nitrogens with zero attached hydrogens (tertiary/aromatic N) is 2. The molecule has 7 nitrogen and oxygen atoms in total. The van der Waals surface area contributed by atoms with Gasteiger partial charge in [0.25, 0.3) is 0 Å². The van der Waals surface area contributed by atoms with Crippen molar-refractivity contribution in [3.8, 4) is 5.75 Å². The van der Waals surface area contributed by atoms with Crippen molar-refractivity contribution < 1.29 is 27.8 Å². The van der Waals surface area contributed by atoms with Crippen LogP contribution in [0.1, 0.15) is 0 Å². The van der Waals surface area contributed by atoms with E-state index < -0.39 is 40.7 Å². The summed E-state index contributed by atoms with van der Waals surface area (Å²) in [6.45, 7) is 5.40. The zero-order valence-electron chi connectivity index (χ0n) is 14.7. The standard InChI is InChI=1S/C18H15BrClFN2O5S/c1-22-15-4-3-12(7-14(15)21)28-17-8-23(9-18(17,25)10-24)29(26,27)16-5-2-11(20)6-13(16)19/h2-7,17,24-25H,8-10H2/t17-,18+/m0/s1. The number of β-amino-alcohol motifs (C(OH)–C–C–N with tert-alkyl or cyclic N) is 1. The Bertz CT molecular complexity index is 1090. The Morgan fingerprint density at radius 2 is 2.10 bits per heavy atom. The molecule has 1 saturated heterocycles. The lowest BCUT2D eigenvalue weighted by Crippen LogP contribution is -2.48. The van der Waals surface area contributed by atoms with Crippen LogP contribution in [-0.2, 0) is 10.0 Å². The first-order valence-corrected chi connectivity index (χ1v) is 10.8. The fourth-order valence-corrected chi connectivity index (χ4v) is 5.79. The van der Waals surface area contributed by atoms with Gasteiger partial charge >= 0.3 is 0 Å². The number of hydrogen-bond donors (Lipinski definition) is 2. The molecule has 154 valence electrons. The Balaban J connectivity index is 1.89. The smallest absolute Gasteiger partial charge is 0.244 e. The predicted molar refractivity (Wildman–Crippen MR) is 107 cm³/mol. The van der Waals surface area contributed by atoms with Crippen molar-refractivity contribution in [2.24, 2.45) is 0 Å². The predicted octanol–water partition coefficient (Wildman–Crippen LogP) is 2.97. The lowest BCUT2D eigenvalue weighted by molar-refractivity contribution is -0.0641. The summed E-state index contributed by atoms with van der Waals surface area (Å²) in [4.78, 5) is 2.95. The van der Waals surface area contributed by atoms with E-state index in [9.17, 15) is 23.0 Å². The summed E-state index contributed by atoms with van der Waals surface area (Å²) >= 11 is 9.03. The van der Waals surface area contributed by atoms with Crippen molar-refractivity contribution in [3.63, 3.8) is 0 Å². The summed E-state index contributed by atoms with van der Waals surface area (Å²) in [5.41, 5.74) is -2.10. The van der Waals surface area contributed by atoms with Gasteiger partial charge in [-0.1, -0.05) is 11.6 Å². The summed E-state index contributed by atoms with van der Waals surface area (Å²) in [5.74, 6) is -0.809. The van der Waals surface area contributed by atoms with Crippen LogP contribution in [0.4, 0.5) is 10.1 Å². The topological polar surface area (TPSA) is 91.4 Å². The van der Waals surface area contributed by atoms with Crippen LogP contribution in [0.15, 0.2) is 45.8 Å². The lowest BCUT2D eigenvalue weighted by Gasteiger charge is -2.27. The first kappa shape index (κ1) is 22.0. The van der Waals surface area contributed by atoms with Gasteiger partial charge in [0.2, 0.25) is 15.7 Å². The van der Waals surface area contributed by atoms with Gasteiger partial charge < -0.3 is 14.9 Å². The average Bonchev–Trinajstić information content (AvgIpc) is 2.99. The second-order valence-electron chi connectivity index (χ2n) is 6.47. The number of sulfonamides is 1. The average molecular weight is 506 g/mol. The van der Waals surface area contributed by atoms with Crippen molar-refractivity contribution in [2.75, 3.05) is 19.7 Å². The van der Waals surface area contributed by atoms with E-state index in [1.807, 2.05) is 0 Å². The van der Waals surface area contributed by atoms with E-state index in [0.717, 1.165) is 10.4 Å². The van der Waals surface area contributed by atoms with E-state index in [4.69, 9.17) is 22.9 Å². The van der Waals surface area contributed by atoms with Crippen LogP contribution in [-0.4, -0.2) is 54.3 Å². The Morgan fingerprint density at radius 1 is 1.38 bits per heavy atom. The molecule has 2 aromatic rings. The van der Waals surface area contributed by atoms with Crippen LogP contribution >= 0.6 is 27.5 Å². The summed E-state index contributed by atoms with van der Waals surface area (Å²) < 4.78 is 46.7. The molecule has 1 fully saturated rings. The number of aliphatic hydroxyl groups excluding tert-OH is 1. The Kier molecular flexibility index (Phi) is 6.19. The summed E-state index contributed by atoms with van der Waals surface area (Å²) in [5, 5.41) is 20.7. The third-order valence-corrected chi connectivity index (χ3v) is 7.55. The molecule has 0 unspecified atom stereocenters. The highest BCUT2D eigenvalue weighted by Gasteiger charge is 2.51. The minimum absolute atomic E-state index is 0.00121. The Hall–Kier alpha value is -1.74. The largest absolute Gasteiger partial charge is 0.486 e. The second-order valence-corrected chi connectivity index (χ2v) is 9.66. The summed E-state index contributed by atoms with van der Waals surface area (Å²) in [6, 6.07) is 7.69. The SMILES string of the molecule is [C-]#[N+]c1ccc(O[C@H]2CN(S(=O)(=O)c3ccc(Cl)cc3Br)C[C@@]2(O)CO)cc1F. The van der Waals surface area contributed by atoms with Crippen LogP contribution in [0.5, 0.6) is 5.75 Å². The Morgan fingerprint density at radius 3 is 2.69 bits per heavy atom. The van der Waals surface area contributed by atoms with Gasteiger partial charge in [0.1, 0.15) is 23.3 Å². The molecule has 29 heavy (non-hydrogen) atoms. The normalized spacial score (nSPS) is 22.4. The second kappa shape index (κ2) is 8.18. The first-order chi connectivity index (χ1) is 13.6. The minimum Gasteiger partial charge on any atom is -0.486 e. The van der Waals surface area contributed by atoms with Crippen molar-refractivity contribution in [1.29, 1.82) is 0 Å². The number of benzene rings is 2. The highest BCUT2D eigenvalue weighted by atomic mass is 79.9. The quantitative estimate of drug-likeness (QED) is 0.610. The van der Waals surface area contributed by atoms with Gasteiger partial charge in [-0.25, -0.2) is 17.7 Å². The number of hydrogen-bond acceptors (Lipinski definition) is 5. The highest BCUT2D eigenvalue weighted by molar-refractivity contribution is 9.10. The monoisotopic (exact) mass is 504 g/mol. The zero-order chi connectivity index (χ0) is 21.4. The van der Waals surface area contributed by atoms with E-state index in [0.29, 0.717) is 5.02 Å². The number of ether oxygens (including phenoxy) is 1. The van der Waals surface area contributed by atoms with Gasteiger partial charge in [0.15, 0.2) is 0 Å². The van der Waals surface area contributed by atoms with E-state index in [2.05, 4.69) is 20.8 Å². The van der Waals surface area contributed by atoms with Gasteiger partial charge in [-0.3, -0.25) is 0 Å². The van der Waals surface area contributed by atoms with Crippen molar-refractivity contribution >= 4 is 43.2 Å². The van der Waals surface area contributed by atoms with Crippen LogP contribution < -0.4 is 4.74 Å². The molecular formula is C18H15BrClFN2O5S. The molecule has 2 N–H and O–H groups in total. The zero-order valence-corrected chi connectivity index (χ0v) is 17.9. The number of halogens is 3. The molecule has 11 heteroatoms. The molecule has 0 amide bonds. The molecule has 1 heterocycles. The summed E-state index contributed by atoms with van der Waals surface area (Å²) in [6.07, 6.45) is -1.16. The van der Waals surface area contributed by atoms with Crippen LogP contribution in [0.2, 0.25) is 5.02 Å². The fourth-order valence-electron chi connectivity index (χ4n) is 2.95. The summed E-state index contributed by atoms with van der Waals surface area (Å²) in [7, 11) is -4.05. The van der Waals surface area contributed by atoms with Crippen LogP contribution in [0, 0.1) is 12.4 Å². The molecule has 3 rings (SSSR count). The van der Waals surface area contributed by atoms with Gasteiger partial charge in [-0.05, 0) is 46.3 Å². The third-order valence-electron chi connectivity index (χ3n) is 4.52. The van der Waals surface area contributed by atoms with E-state index in [-0.39, 0.29) is 27.3 Å². The highest BCUT2D eigenvalue weighted by Crippen LogP contribution is 2.34. The van der Waals surface area contributed by atoms with Gasteiger partial charge in [0.05, 0.1) is 24.6 Å². The number of aliphatic hydroxyl groups is 2. The van der Waals surface area contributed by atoms with Gasteiger partial charge in [0, 0.05) is 22.1 Å². The fraction of sp³-hybridized carbons (Fsp3) is 0.278. The molecule has 2 aromatic carbocycles. The molecular weight excluding hydrogens is 491 g/mol. The van der Waals surface area contributed by atoms with E-state index >= 15 is 0 Å². The molecule has 1 aliphatic heterocycles. The molecule has 0 aromatic heterocycles. The van der Waals surface area contributed by atoms with E-state index in [1.54, 1.807) is 0 Å². The molecule has 0 aliphatic carbocycles. The van der Waals surface area contributed by atoms with Crippen LogP contribution in [0.25, 0.3) is 4.85 Å². The van der Waals surface area contributed by atoms with Gasteiger partial charge in [-0.15, -0.1) is 0 Å². The third kappa shape index (κ3) is 4.26. The van der Waals surface area contributed by atoms with Crippen molar-refractivity contribution in [3.05, 3.63) is 63.1 Å². The first-order valence-electron chi connectivity index (χ1n) is 8.23. The van der Waals surface area contributed by atoms with Crippen molar-refractivity contribution in [1.82, 2.24) is 4.31 Å². The molecule has 1 aliphatic rings. The van der Waals surface area contributed by atoms with Crippen molar-refractivity contribution in [2.45, 2.75) is 16.6 Å². The molecule has 0 spiro atoms. The Labute approximate surface area is 180 Å². The molecule has 2 atom stereocenters. The maximum absolute atomic E-state index is 13.8. The maximum atomic E-state index is 13.8. The van der Waals surface area contributed by atoms with E-state index in [1.165, 1.54) is 30.3 Å². The van der Waals surface area contributed by atoms with Gasteiger partial charge in [-0.2, -0.15) is 4.31 Å². The lowest BCUT2D eigenvalue weighted by atomic mass is 10.0. The maximum Gasteiger partial charge on any atom is 0.244 e. The molecule has 0 radical (unpaired) electrons.